The molecule has 1 amide bonds. The third-order valence-electron chi connectivity index (χ3n) is 4.41. The fraction of sp³-hybridized carbons (Fsp3) is 0.643. The summed E-state index contributed by atoms with van der Waals surface area (Å²) in [5.41, 5.74) is 0.609. The molecule has 5 heteroatoms. The molecule has 5 nitrogen and oxygen atoms in total. The zero-order valence-corrected chi connectivity index (χ0v) is 11.2. The summed E-state index contributed by atoms with van der Waals surface area (Å²) in [6.07, 6.45) is 7.81. The van der Waals surface area contributed by atoms with Crippen LogP contribution in [0.1, 0.15) is 42.6 Å². The van der Waals surface area contributed by atoms with Crippen LogP contribution in [0.2, 0.25) is 0 Å². The average molecular weight is 261 g/mol. The van der Waals surface area contributed by atoms with Gasteiger partial charge in [0.25, 0.3) is 5.91 Å². The van der Waals surface area contributed by atoms with Gasteiger partial charge in [0.05, 0.1) is 12.5 Å². The Kier molecular flexibility index (Phi) is 3.12. The van der Waals surface area contributed by atoms with Crippen molar-refractivity contribution in [1.82, 2.24) is 14.5 Å². The normalized spacial score (nSPS) is 27.2. The lowest BCUT2D eigenvalue weighted by atomic mass is 9.95. The predicted molar refractivity (Wildman–Crippen MR) is 69.6 cm³/mol. The van der Waals surface area contributed by atoms with Crippen LogP contribution in [-0.4, -0.2) is 38.7 Å². The fourth-order valence-corrected chi connectivity index (χ4v) is 3.42. The van der Waals surface area contributed by atoms with Crippen LogP contribution < -0.4 is 0 Å². The Hall–Kier alpha value is -1.65. The maximum Gasteiger partial charge on any atom is 0.272 e. The van der Waals surface area contributed by atoms with Gasteiger partial charge in [-0.3, -0.25) is 9.59 Å². The van der Waals surface area contributed by atoms with Crippen LogP contribution in [0.5, 0.6) is 0 Å². The van der Waals surface area contributed by atoms with Crippen LogP contribution in [0.15, 0.2) is 12.5 Å². The molecule has 1 saturated carbocycles. The zero-order chi connectivity index (χ0) is 13.4. The number of carbonyl (C=O) groups excluding carboxylic acids is 2. The van der Waals surface area contributed by atoms with E-state index in [0.717, 1.165) is 32.2 Å². The molecule has 19 heavy (non-hydrogen) atoms. The summed E-state index contributed by atoms with van der Waals surface area (Å²) in [5, 5.41) is 0. The quantitative estimate of drug-likeness (QED) is 0.808. The molecule has 2 atom stereocenters. The lowest BCUT2D eigenvalue weighted by Crippen LogP contribution is -2.42. The van der Waals surface area contributed by atoms with Crippen LogP contribution in [0.4, 0.5) is 0 Å². The maximum atomic E-state index is 12.6. The first-order valence-corrected chi connectivity index (χ1v) is 6.98. The number of likely N-dealkylation sites (tertiary alicyclic amines) is 1. The minimum Gasteiger partial charge on any atom is -0.334 e. The third-order valence-corrected chi connectivity index (χ3v) is 4.41. The van der Waals surface area contributed by atoms with Gasteiger partial charge in [-0.05, 0) is 25.7 Å². The number of carbonyl (C=O) groups is 2. The minimum absolute atomic E-state index is 0.0159. The molecule has 2 fully saturated rings. The molecule has 3 rings (SSSR count). The summed E-state index contributed by atoms with van der Waals surface area (Å²) in [4.78, 5) is 30.4. The monoisotopic (exact) mass is 261 g/mol. The molecule has 1 aromatic heterocycles. The summed E-state index contributed by atoms with van der Waals surface area (Å²) in [6, 6.07) is 0.109. The van der Waals surface area contributed by atoms with E-state index in [9.17, 15) is 9.59 Å². The second-order valence-electron chi connectivity index (χ2n) is 5.56. The van der Waals surface area contributed by atoms with E-state index in [-0.39, 0.29) is 17.9 Å². The molecule has 2 aliphatic rings. The Morgan fingerprint density at radius 1 is 1.37 bits per heavy atom. The number of hydrogen-bond acceptors (Lipinski definition) is 3. The highest BCUT2D eigenvalue weighted by molar-refractivity contribution is 5.93. The van der Waals surface area contributed by atoms with Gasteiger partial charge in [0.1, 0.15) is 11.5 Å². The van der Waals surface area contributed by atoms with Crippen molar-refractivity contribution in [2.45, 2.75) is 38.1 Å². The SMILES string of the molecule is Cn1cncc1C(=O)N1CCCC1C1CCCC1=O. The highest BCUT2D eigenvalue weighted by atomic mass is 16.2. The number of hydrogen-bond donors (Lipinski definition) is 0. The van der Waals surface area contributed by atoms with Crippen LogP contribution >= 0.6 is 0 Å². The molecule has 0 N–H and O–H groups in total. The second-order valence-corrected chi connectivity index (χ2v) is 5.56. The van der Waals surface area contributed by atoms with E-state index in [2.05, 4.69) is 4.98 Å². The number of ketones is 1. The van der Waals surface area contributed by atoms with Crippen molar-refractivity contribution < 1.29 is 9.59 Å². The lowest BCUT2D eigenvalue weighted by molar-refractivity contribution is -0.121. The molecule has 1 saturated heterocycles. The molecule has 0 aromatic carbocycles. The van der Waals surface area contributed by atoms with Gasteiger partial charge in [-0.1, -0.05) is 0 Å². The van der Waals surface area contributed by atoms with Crippen LogP contribution in [0.25, 0.3) is 0 Å². The average Bonchev–Trinajstić information content (AvgIpc) is 3.07. The molecule has 2 heterocycles. The Balaban J connectivity index is 1.81. The van der Waals surface area contributed by atoms with Crippen LogP contribution in [0, 0.1) is 5.92 Å². The molecule has 1 aliphatic heterocycles. The van der Waals surface area contributed by atoms with Gasteiger partial charge in [0, 0.05) is 32.0 Å². The summed E-state index contributed by atoms with van der Waals surface area (Å²) in [7, 11) is 1.83. The van der Waals surface area contributed by atoms with Gasteiger partial charge in [0.15, 0.2) is 0 Å². The highest BCUT2D eigenvalue weighted by Gasteiger charge is 2.40. The van der Waals surface area contributed by atoms with Gasteiger partial charge in [-0.2, -0.15) is 0 Å². The van der Waals surface area contributed by atoms with E-state index in [1.54, 1.807) is 17.1 Å². The van der Waals surface area contributed by atoms with E-state index in [1.165, 1.54) is 0 Å². The highest BCUT2D eigenvalue weighted by Crippen LogP contribution is 2.33. The Labute approximate surface area is 112 Å². The van der Waals surface area contributed by atoms with E-state index in [0.29, 0.717) is 17.9 Å². The minimum atomic E-state index is 0.0159. The molecule has 102 valence electrons. The van der Waals surface area contributed by atoms with Crippen molar-refractivity contribution in [2.75, 3.05) is 6.54 Å². The fourth-order valence-electron chi connectivity index (χ4n) is 3.42. The summed E-state index contributed by atoms with van der Waals surface area (Å²) in [5.74, 6) is 0.427. The second kappa shape index (κ2) is 4.79. The summed E-state index contributed by atoms with van der Waals surface area (Å²) < 4.78 is 1.74. The van der Waals surface area contributed by atoms with E-state index >= 15 is 0 Å². The van der Waals surface area contributed by atoms with Crippen molar-refractivity contribution in [3.63, 3.8) is 0 Å². The first kappa shape index (κ1) is 12.4. The standard InChI is InChI=1S/C14H19N3O2/c1-16-9-15-8-12(16)14(19)17-7-3-5-11(17)10-4-2-6-13(10)18/h8-11H,2-7H2,1H3. The molecular formula is C14H19N3O2. The molecule has 2 unspecified atom stereocenters. The Bertz CT molecular complexity index is 509. The smallest absolute Gasteiger partial charge is 0.272 e. The summed E-state index contributed by atoms with van der Waals surface area (Å²) >= 11 is 0. The molecule has 1 aliphatic carbocycles. The van der Waals surface area contributed by atoms with Crippen molar-refractivity contribution in [2.24, 2.45) is 13.0 Å². The van der Waals surface area contributed by atoms with Gasteiger partial charge in [0.2, 0.25) is 0 Å². The van der Waals surface area contributed by atoms with Crippen molar-refractivity contribution in [3.05, 3.63) is 18.2 Å². The van der Waals surface area contributed by atoms with Gasteiger partial charge < -0.3 is 9.47 Å². The molecule has 1 aromatic rings. The van der Waals surface area contributed by atoms with Gasteiger partial charge in [-0.25, -0.2) is 4.98 Å². The van der Waals surface area contributed by atoms with Crippen LogP contribution in [-0.2, 0) is 11.8 Å². The number of Topliss-reactive ketones (excluding diaryl/α,β-unsaturated/α-hetero) is 1. The van der Waals surface area contributed by atoms with E-state index in [4.69, 9.17) is 0 Å². The van der Waals surface area contributed by atoms with Crippen LogP contribution in [0.3, 0.4) is 0 Å². The zero-order valence-electron chi connectivity index (χ0n) is 11.2. The first-order valence-electron chi connectivity index (χ1n) is 6.98. The number of aromatic nitrogens is 2. The largest absolute Gasteiger partial charge is 0.334 e. The number of rotatable bonds is 2. The van der Waals surface area contributed by atoms with E-state index < -0.39 is 0 Å². The first-order chi connectivity index (χ1) is 9.18. The van der Waals surface area contributed by atoms with Crippen molar-refractivity contribution in [1.29, 1.82) is 0 Å². The Morgan fingerprint density at radius 3 is 2.84 bits per heavy atom. The molecule has 0 spiro atoms. The number of imidazole rings is 1. The predicted octanol–water partition coefficient (Wildman–Crippen LogP) is 1.39. The lowest BCUT2D eigenvalue weighted by Gasteiger charge is -2.28. The number of nitrogens with zero attached hydrogens (tertiary/aromatic N) is 3. The number of amides is 1. The third kappa shape index (κ3) is 2.07. The van der Waals surface area contributed by atoms with Gasteiger partial charge in [-0.15, -0.1) is 0 Å². The molecule has 0 radical (unpaired) electrons. The topological polar surface area (TPSA) is 55.2 Å². The van der Waals surface area contributed by atoms with Crippen molar-refractivity contribution >= 4 is 11.7 Å². The Morgan fingerprint density at radius 2 is 2.21 bits per heavy atom. The van der Waals surface area contributed by atoms with Crippen molar-refractivity contribution in [3.8, 4) is 0 Å². The van der Waals surface area contributed by atoms with Gasteiger partial charge >= 0.3 is 0 Å². The number of aryl methyl sites for hydroxylation is 1. The maximum absolute atomic E-state index is 12.6. The molecular weight excluding hydrogens is 242 g/mol. The molecule has 0 bridgehead atoms. The van der Waals surface area contributed by atoms with E-state index in [1.807, 2.05) is 11.9 Å². The summed E-state index contributed by atoms with van der Waals surface area (Å²) in [6.45, 7) is 0.762.